The van der Waals surface area contributed by atoms with E-state index in [0.29, 0.717) is 12.1 Å². The van der Waals surface area contributed by atoms with Gasteiger partial charge in [-0.15, -0.1) is 0 Å². The molecule has 1 aliphatic heterocycles. The molecule has 2 amide bonds. The Labute approximate surface area is 153 Å². The van der Waals surface area contributed by atoms with Crippen LogP contribution in [0.5, 0.6) is 0 Å². The van der Waals surface area contributed by atoms with Crippen LogP contribution in [0.4, 0.5) is 0 Å². The van der Waals surface area contributed by atoms with Crippen LogP contribution in [0, 0.1) is 0 Å². The monoisotopic (exact) mass is 349 g/mol. The number of pyridine rings is 1. The normalized spacial score (nSPS) is 14.4. The molecule has 0 unspecified atom stereocenters. The molecule has 0 bridgehead atoms. The molecular weight excluding hydrogens is 326 g/mol. The number of aromatic nitrogens is 1. The van der Waals surface area contributed by atoms with Gasteiger partial charge in [0.1, 0.15) is 0 Å². The zero-order valence-corrected chi connectivity index (χ0v) is 14.7. The summed E-state index contributed by atoms with van der Waals surface area (Å²) >= 11 is 0. The Morgan fingerprint density at radius 3 is 2.73 bits per heavy atom. The second-order valence-corrected chi connectivity index (χ2v) is 6.39. The number of likely N-dealkylation sites (tertiary alicyclic amines) is 1. The van der Waals surface area contributed by atoms with Gasteiger partial charge in [0.15, 0.2) is 0 Å². The van der Waals surface area contributed by atoms with E-state index in [9.17, 15) is 9.59 Å². The molecule has 2 aromatic rings. The summed E-state index contributed by atoms with van der Waals surface area (Å²) in [4.78, 5) is 30.4. The topological polar surface area (TPSA) is 62.3 Å². The zero-order valence-electron chi connectivity index (χ0n) is 14.7. The summed E-state index contributed by atoms with van der Waals surface area (Å²) in [5.41, 5.74) is 2.47. The number of hydrogen-bond donors (Lipinski definition) is 1. The van der Waals surface area contributed by atoms with Crippen molar-refractivity contribution in [1.29, 1.82) is 0 Å². The highest BCUT2D eigenvalue weighted by Crippen LogP contribution is 2.14. The van der Waals surface area contributed by atoms with Crippen LogP contribution in [0.15, 0.2) is 54.9 Å². The van der Waals surface area contributed by atoms with Gasteiger partial charge in [-0.25, -0.2) is 0 Å². The molecule has 1 N–H and O–H groups in total. The first-order valence-corrected chi connectivity index (χ1v) is 8.96. The molecule has 3 rings (SSSR count). The minimum absolute atomic E-state index is 0.0781. The van der Waals surface area contributed by atoms with Crippen LogP contribution < -0.4 is 5.32 Å². The fourth-order valence-corrected chi connectivity index (χ4v) is 2.99. The average Bonchev–Trinajstić information content (AvgIpc) is 2.72. The van der Waals surface area contributed by atoms with Crippen LogP contribution >= 0.6 is 0 Å². The summed E-state index contributed by atoms with van der Waals surface area (Å²) < 4.78 is 0. The molecule has 5 heteroatoms. The van der Waals surface area contributed by atoms with Gasteiger partial charge in [0, 0.05) is 43.7 Å². The Hall–Kier alpha value is -2.95. The van der Waals surface area contributed by atoms with Crippen molar-refractivity contribution in [2.45, 2.75) is 25.8 Å². The summed E-state index contributed by atoms with van der Waals surface area (Å²) in [5.74, 6) is -0.101. The van der Waals surface area contributed by atoms with Crippen molar-refractivity contribution in [2.75, 3.05) is 13.1 Å². The molecule has 1 aromatic carbocycles. The first-order valence-electron chi connectivity index (χ1n) is 8.96. The fourth-order valence-electron chi connectivity index (χ4n) is 2.99. The number of amides is 2. The molecule has 1 aromatic heterocycles. The number of hydrogen-bond acceptors (Lipinski definition) is 3. The SMILES string of the molecule is O=C(C=Cc1cccnc1)NCc1cccc(C(=O)N2CCCCC2)c1. The van der Waals surface area contributed by atoms with E-state index < -0.39 is 0 Å². The molecule has 0 saturated carbocycles. The predicted molar refractivity (Wildman–Crippen MR) is 101 cm³/mol. The summed E-state index contributed by atoms with van der Waals surface area (Å²) in [5, 5.41) is 2.84. The average molecular weight is 349 g/mol. The fraction of sp³-hybridized carbons (Fsp3) is 0.286. The van der Waals surface area contributed by atoms with Crippen molar-refractivity contribution >= 4 is 17.9 Å². The van der Waals surface area contributed by atoms with Crippen molar-refractivity contribution in [1.82, 2.24) is 15.2 Å². The van der Waals surface area contributed by atoms with Gasteiger partial charge in [-0.05, 0) is 54.7 Å². The van der Waals surface area contributed by atoms with Crippen LogP contribution in [-0.2, 0) is 11.3 Å². The van der Waals surface area contributed by atoms with Crippen molar-refractivity contribution < 1.29 is 9.59 Å². The van der Waals surface area contributed by atoms with Crippen LogP contribution in [0.1, 0.15) is 40.7 Å². The summed E-state index contributed by atoms with van der Waals surface area (Å²) in [6.07, 6.45) is 9.94. The van der Waals surface area contributed by atoms with Gasteiger partial charge in [0.2, 0.25) is 5.91 Å². The maximum absolute atomic E-state index is 12.6. The number of rotatable bonds is 5. The van der Waals surface area contributed by atoms with Crippen molar-refractivity contribution in [3.05, 3.63) is 71.6 Å². The van der Waals surface area contributed by atoms with Gasteiger partial charge in [0.25, 0.3) is 5.91 Å². The molecule has 0 radical (unpaired) electrons. The maximum Gasteiger partial charge on any atom is 0.253 e. The molecule has 0 aliphatic carbocycles. The highest BCUT2D eigenvalue weighted by Gasteiger charge is 2.18. The van der Waals surface area contributed by atoms with Gasteiger partial charge < -0.3 is 10.2 Å². The lowest BCUT2D eigenvalue weighted by molar-refractivity contribution is -0.116. The summed E-state index contributed by atoms with van der Waals surface area (Å²) in [6.45, 7) is 2.05. The largest absolute Gasteiger partial charge is 0.348 e. The first-order chi connectivity index (χ1) is 12.7. The van der Waals surface area contributed by atoms with Crippen LogP contribution in [0.2, 0.25) is 0 Å². The van der Waals surface area contributed by atoms with Gasteiger partial charge in [0.05, 0.1) is 0 Å². The number of nitrogens with one attached hydrogen (secondary N) is 1. The maximum atomic E-state index is 12.6. The second kappa shape index (κ2) is 8.94. The Kier molecular flexibility index (Phi) is 6.14. The van der Waals surface area contributed by atoms with Crippen LogP contribution in [0.3, 0.4) is 0 Å². The third kappa shape index (κ3) is 5.02. The smallest absolute Gasteiger partial charge is 0.253 e. The van der Waals surface area contributed by atoms with E-state index in [1.54, 1.807) is 18.5 Å². The standard InChI is InChI=1S/C21H23N3O2/c25-20(10-9-17-7-5-11-22-15-17)23-16-18-6-4-8-19(14-18)21(26)24-12-2-1-3-13-24/h4-11,14-15H,1-3,12-13,16H2,(H,23,25). The molecule has 0 spiro atoms. The molecule has 0 atom stereocenters. The van der Waals surface area contributed by atoms with Crippen LogP contribution in [-0.4, -0.2) is 34.8 Å². The minimum atomic E-state index is -0.179. The lowest BCUT2D eigenvalue weighted by Gasteiger charge is -2.26. The number of nitrogens with zero attached hydrogens (tertiary/aromatic N) is 2. The van der Waals surface area contributed by atoms with E-state index in [-0.39, 0.29) is 11.8 Å². The highest BCUT2D eigenvalue weighted by atomic mass is 16.2. The summed E-state index contributed by atoms with van der Waals surface area (Å²) in [7, 11) is 0. The highest BCUT2D eigenvalue weighted by molar-refractivity contribution is 5.94. The molecule has 1 fully saturated rings. The Morgan fingerprint density at radius 1 is 1.12 bits per heavy atom. The Balaban J connectivity index is 1.56. The molecule has 134 valence electrons. The molecular formula is C21H23N3O2. The number of carbonyl (C=O) groups is 2. The second-order valence-electron chi connectivity index (χ2n) is 6.39. The molecule has 26 heavy (non-hydrogen) atoms. The molecule has 2 heterocycles. The van der Waals surface area contributed by atoms with Crippen molar-refractivity contribution in [3.8, 4) is 0 Å². The molecule has 1 aliphatic rings. The van der Waals surface area contributed by atoms with Gasteiger partial charge in [-0.1, -0.05) is 18.2 Å². The number of piperidine rings is 1. The van der Waals surface area contributed by atoms with Gasteiger partial charge in [-0.2, -0.15) is 0 Å². The van der Waals surface area contributed by atoms with Gasteiger partial charge >= 0.3 is 0 Å². The zero-order chi connectivity index (χ0) is 18.2. The Morgan fingerprint density at radius 2 is 1.96 bits per heavy atom. The number of carbonyl (C=O) groups excluding carboxylic acids is 2. The lowest BCUT2D eigenvalue weighted by Crippen LogP contribution is -2.35. The van der Waals surface area contributed by atoms with E-state index in [1.165, 1.54) is 12.5 Å². The predicted octanol–water partition coefficient (Wildman–Crippen LogP) is 3.04. The number of benzene rings is 1. The lowest BCUT2D eigenvalue weighted by atomic mass is 10.1. The Bertz CT molecular complexity index is 781. The molecule has 1 saturated heterocycles. The van der Waals surface area contributed by atoms with E-state index in [2.05, 4.69) is 10.3 Å². The van der Waals surface area contributed by atoms with E-state index in [1.807, 2.05) is 41.3 Å². The van der Waals surface area contributed by atoms with E-state index in [4.69, 9.17) is 0 Å². The van der Waals surface area contributed by atoms with E-state index in [0.717, 1.165) is 37.1 Å². The third-order valence-electron chi connectivity index (χ3n) is 4.40. The van der Waals surface area contributed by atoms with Crippen molar-refractivity contribution in [3.63, 3.8) is 0 Å². The van der Waals surface area contributed by atoms with Crippen molar-refractivity contribution in [2.24, 2.45) is 0 Å². The van der Waals surface area contributed by atoms with Crippen LogP contribution in [0.25, 0.3) is 6.08 Å². The van der Waals surface area contributed by atoms with E-state index >= 15 is 0 Å². The van der Waals surface area contributed by atoms with Gasteiger partial charge in [-0.3, -0.25) is 14.6 Å². The third-order valence-corrected chi connectivity index (χ3v) is 4.40. The summed E-state index contributed by atoms with van der Waals surface area (Å²) in [6, 6.07) is 11.2. The minimum Gasteiger partial charge on any atom is -0.348 e. The first kappa shape index (κ1) is 17.9. The molecule has 5 nitrogen and oxygen atoms in total. The quantitative estimate of drug-likeness (QED) is 0.844.